The molecular formula is C18H19N3O3. The van der Waals surface area contributed by atoms with Crippen LogP contribution in [0.25, 0.3) is 0 Å². The average molecular weight is 325 g/mol. The number of nitrogens with one attached hydrogen (secondary N) is 2. The highest BCUT2D eigenvalue weighted by Gasteiger charge is 2.14. The van der Waals surface area contributed by atoms with Crippen molar-refractivity contribution in [3.63, 3.8) is 0 Å². The lowest BCUT2D eigenvalue weighted by atomic mass is 10.2. The van der Waals surface area contributed by atoms with Crippen molar-refractivity contribution in [1.29, 1.82) is 0 Å². The van der Waals surface area contributed by atoms with Gasteiger partial charge in [-0.2, -0.15) is 5.10 Å². The van der Waals surface area contributed by atoms with Crippen LogP contribution in [-0.4, -0.2) is 24.6 Å². The van der Waals surface area contributed by atoms with Gasteiger partial charge in [0.1, 0.15) is 5.75 Å². The molecule has 6 heteroatoms. The molecule has 2 aromatic rings. The zero-order chi connectivity index (χ0) is 17.2. The number of rotatable bonds is 6. The molecule has 2 aromatic carbocycles. The molecule has 6 nitrogen and oxygen atoms in total. The van der Waals surface area contributed by atoms with Gasteiger partial charge in [-0.1, -0.05) is 42.5 Å². The van der Waals surface area contributed by atoms with Gasteiger partial charge in [-0.15, -0.1) is 0 Å². The Balaban J connectivity index is 1.85. The van der Waals surface area contributed by atoms with Gasteiger partial charge in [0, 0.05) is 12.6 Å². The lowest BCUT2D eigenvalue weighted by molar-refractivity contribution is -0.136. The van der Waals surface area contributed by atoms with Gasteiger partial charge in [-0.05, 0) is 24.6 Å². The second kappa shape index (κ2) is 9.09. The van der Waals surface area contributed by atoms with Gasteiger partial charge in [-0.3, -0.25) is 9.59 Å². The summed E-state index contributed by atoms with van der Waals surface area (Å²) < 4.78 is 5.39. The number of hydrogen-bond acceptors (Lipinski definition) is 4. The van der Waals surface area contributed by atoms with Crippen molar-refractivity contribution in [3.05, 3.63) is 60.2 Å². The van der Waals surface area contributed by atoms with E-state index >= 15 is 0 Å². The molecule has 2 rings (SSSR count). The Morgan fingerprint density at radius 2 is 1.75 bits per heavy atom. The third kappa shape index (κ3) is 5.24. The number of carbonyl (C=O) groups excluding carboxylic acids is 2. The van der Waals surface area contributed by atoms with E-state index in [1.54, 1.807) is 24.3 Å². The third-order valence-electron chi connectivity index (χ3n) is 3.07. The van der Waals surface area contributed by atoms with Crippen molar-refractivity contribution in [2.45, 2.75) is 13.3 Å². The van der Waals surface area contributed by atoms with E-state index in [0.29, 0.717) is 24.5 Å². The minimum absolute atomic E-state index is 0.438. The zero-order valence-electron chi connectivity index (χ0n) is 13.4. The molecule has 0 aromatic heterocycles. The SMILES string of the molecule is CCOc1ccccc1NC(=O)C(=O)N/N=C/Cc1ccccc1. The Morgan fingerprint density at radius 1 is 1.04 bits per heavy atom. The van der Waals surface area contributed by atoms with E-state index in [9.17, 15) is 9.59 Å². The summed E-state index contributed by atoms with van der Waals surface area (Å²) in [6, 6.07) is 16.6. The van der Waals surface area contributed by atoms with Crippen LogP contribution in [0.4, 0.5) is 5.69 Å². The Morgan fingerprint density at radius 3 is 2.50 bits per heavy atom. The van der Waals surface area contributed by atoms with E-state index < -0.39 is 11.8 Å². The van der Waals surface area contributed by atoms with Crippen LogP contribution in [0.3, 0.4) is 0 Å². The summed E-state index contributed by atoms with van der Waals surface area (Å²) >= 11 is 0. The van der Waals surface area contributed by atoms with E-state index in [4.69, 9.17) is 4.74 Å². The van der Waals surface area contributed by atoms with E-state index in [-0.39, 0.29) is 0 Å². The zero-order valence-corrected chi connectivity index (χ0v) is 13.4. The first-order valence-electron chi connectivity index (χ1n) is 7.59. The topological polar surface area (TPSA) is 79.8 Å². The summed E-state index contributed by atoms with van der Waals surface area (Å²) in [5.41, 5.74) is 3.70. The summed E-state index contributed by atoms with van der Waals surface area (Å²) in [5.74, 6) is -1.14. The fourth-order valence-corrected chi connectivity index (χ4v) is 1.95. The number of amides is 2. The van der Waals surface area contributed by atoms with Crippen LogP contribution < -0.4 is 15.5 Å². The molecule has 0 aliphatic heterocycles. The molecular weight excluding hydrogens is 306 g/mol. The molecule has 0 fully saturated rings. The first-order valence-corrected chi connectivity index (χ1v) is 7.59. The van der Waals surface area contributed by atoms with Crippen molar-refractivity contribution < 1.29 is 14.3 Å². The molecule has 0 heterocycles. The van der Waals surface area contributed by atoms with Crippen molar-refractivity contribution in [2.75, 3.05) is 11.9 Å². The van der Waals surface area contributed by atoms with E-state index in [2.05, 4.69) is 15.8 Å². The van der Waals surface area contributed by atoms with Gasteiger partial charge in [0.05, 0.1) is 12.3 Å². The lowest BCUT2D eigenvalue weighted by Gasteiger charge is -2.10. The second-order valence-electron chi connectivity index (χ2n) is 4.83. The molecule has 0 aliphatic rings. The van der Waals surface area contributed by atoms with Crippen molar-refractivity contribution in [2.24, 2.45) is 5.10 Å². The summed E-state index contributed by atoms with van der Waals surface area (Å²) in [6.45, 7) is 2.30. The van der Waals surface area contributed by atoms with Crippen LogP contribution >= 0.6 is 0 Å². The minimum Gasteiger partial charge on any atom is -0.492 e. The number of nitrogens with zero attached hydrogens (tertiary/aromatic N) is 1. The highest BCUT2D eigenvalue weighted by molar-refractivity contribution is 6.39. The normalized spacial score (nSPS) is 10.4. The molecule has 0 atom stereocenters. The molecule has 2 N–H and O–H groups in total. The maximum absolute atomic E-state index is 11.9. The first kappa shape index (κ1) is 17.2. The van der Waals surface area contributed by atoms with Crippen molar-refractivity contribution >= 4 is 23.7 Å². The minimum atomic E-state index is -0.842. The van der Waals surface area contributed by atoms with E-state index in [1.807, 2.05) is 37.3 Å². The maximum Gasteiger partial charge on any atom is 0.329 e. The number of para-hydroxylation sites is 2. The molecule has 2 amide bonds. The molecule has 0 saturated heterocycles. The Hall–Kier alpha value is -3.15. The highest BCUT2D eigenvalue weighted by Crippen LogP contribution is 2.23. The van der Waals surface area contributed by atoms with E-state index in [0.717, 1.165) is 5.56 Å². The number of anilines is 1. The van der Waals surface area contributed by atoms with Gasteiger partial charge in [0.25, 0.3) is 0 Å². The maximum atomic E-state index is 11.9. The fraction of sp³-hybridized carbons (Fsp3) is 0.167. The molecule has 0 spiro atoms. The summed E-state index contributed by atoms with van der Waals surface area (Å²) in [4.78, 5) is 23.6. The smallest absolute Gasteiger partial charge is 0.329 e. The third-order valence-corrected chi connectivity index (χ3v) is 3.07. The Labute approximate surface area is 140 Å². The number of hydrazone groups is 1. The number of ether oxygens (including phenoxy) is 1. The van der Waals surface area contributed by atoms with Crippen LogP contribution in [0.2, 0.25) is 0 Å². The van der Waals surface area contributed by atoms with Crippen molar-refractivity contribution in [1.82, 2.24) is 5.43 Å². The molecule has 124 valence electrons. The molecule has 0 saturated carbocycles. The predicted molar refractivity (Wildman–Crippen MR) is 93.0 cm³/mol. The molecule has 0 bridgehead atoms. The quantitative estimate of drug-likeness (QED) is 0.486. The number of carbonyl (C=O) groups is 2. The first-order chi connectivity index (χ1) is 11.7. The van der Waals surface area contributed by atoms with Crippen LogP contribution in [0.5, 0.6) is 5.75 Å². The van der Waals surface area contributed by atoms with Crippen LogP contribution in [0.1, 0.15) is 12.5 Å². The monoisotopic (exact) mass is 325 g/mol. The highest BCUT2D eigenvalue weighted by atomic mass is 16.5. The number of benzene rings is 2. The predicted octanol–water partition coefficient (Wildman–Crippen LogP) is 2.37. The van der Waals surface area contributed by atoms with Crippen LogP contribution in [0.15, 0.2) is 59.7 Å². The van der Waals surface area contributed by atoms with Crippen molar-refractivity contribution in [3.8, 4) is 5.75 Å². The van der Waals surface area contributed by atoms with Crippen LogP contribution in [0, 0.1) is 0 Å². The molecule has 0 radical (unpaired) electrons. The lowest BCUT2D eigenvalue weighted by Crippen LogP contribution is -2.32. The van der Waals surface area contributed by atoms with Gasteiger partial charge in [0.2, 0.25) is 0 Å². The average Bonchev–Trinajstić information content (AvgIpc) is 2.61. The summed E-state index contributed by atoms with van der Waals surface area (Å²) in [6.07, 6.45) is 2.10. The summed E-state index contributed by atoms with van der Waals surface area (Å²) in [5, 5.41) is 6.28. The summed E-state index contributed by atoms with van der Waals surface area (Å²) in [7, 11) is 0. The largest absolute Gasteiger partial charge is 0.492 e. The Kier molecular flexibility index (Phi) is 6.52. The standard InChI is InChI=1S/C18H19N3O3/c1-2-24-16-11-7-6-10-15(16)20-17(22)18(23)21-19-13-12-14-8-4-3-5-9-14/h3-11,13H,2,12H2,1H3,(H,20,22)(H,21,23)/b19-13+. The number of hydrogen-bond donors (Lipinski definition) is 2. The van der Waals surface area contributed by atoms with Gasteiger partial charge < -0.3 is 10.1 Å². The second-order valence-corrected chi connectivity index (χ2v) is 4.83. The molecule has 0 unspecified atom stereocenters. The van der Waals surface area contributed by atoms with E-state index in [1.165, 1.54) is 6.21 Å². The molecule has 24 heavy (non-hydrogen) atoms. The van der Waals surface area contributed by atoms with Gasteiger partial charge in [0.15, 0.2) is 0 Å². The van der Waals surface area contributed by atoms with Crippen LogP contribution in [-0.2, 0) is 16.0 Å². The Bertz CT molecular complexity index is 714. The fourth-order valence-electron chi connectivity index (χ4n) is 1.95. The molecule has 0 aliphatic carbocycles. The van der Waals surface area contributed by atoms with Gasteiger partial charge in [-0.25, -0.2) is 5.43 Å². The van der Waals surface area contributed by atoms with Gasteiger partial charge >= 0.3 is 11.8 Å².